The van der Waals surface area contributed by atoms with Gasteiger partial charge in [0.15, 0.2) is 11.6 Å². The van der Waals surface area contributed by atoms with Crippen molar-refractivity contribution in [2.24, 2.45) is 10.1 Å². The number of aliphatic imine (C=N–C) groups is 1. The first-order chi connectivity index (χ1) is 21.6. The second kappa shape index (κ2) is 15.2. The third-order valence-electron chi connectivity index (χ3n) is 7.48. The molecule has 0 aromatic heterocycles. The molecule has 0 aliphatic carbocycles. The van der Waals surface area contributed by atoms with E-state index in [2.05, 4.69) is 15.5 Å². The van der Waals surface area contributed by atoms with E-state index in [0.29, 0.717) is 62.1 Å². The lowest BCUT2D eigenvalue weighted by Crippen LogP contribution is -2.56. The topological polar surface area (TPSA) is 141 Å². The molecule has 2 aliphatic rings. The molecule has 2 atom stereocenters. The van der Waals surface area contributed by atoms with Crippen molar-refractivity contribution < 1.29 is 24.1 Å². The molecule has 44 heavy (non-hydrogen) atoms. The van der Waals surface area contributed by atoms with E-state index in [-0.39, 0.29) is 25.5 Å². The molecular formula is C33H36N6O5. The quantitative estimate of drug-likeness (QED) is 0.123. The molecule has 5 rings (SSSR count). The predicted octanol–water partition coefficient (Wildman–Crippen LogP) is 4.98. The van der Waals surface area contributed by atoms with E-state index in [1.54, 1.807) is 0 Å². The highest BCUT2D eigenvalue weighted by molar-refractivity contribution is 6.01. The highest BCUT2D eigenvalue weighted by atomic mass is 16.5. The number of rotatable bonds is 13. The number of benzene rings is 3. The van der Waals surface area contributed by atoms with Crippen LogP contribution in [0.5, 0.6) is 5.75 Å². The second-order valence-corrected chi connectivity index (χ2v) is 10.4. The summed E-state index contributed by atoms with van der Waals surface area (Å²) in [5, 5.41) is 14.7. The number of morpholine rings is 1. The normalized spacial score (nSPS) is 20.0. The Labute approximate surface area is 256 Å². The van der Waals surface area contributed by atoms with Crippen LogP contribution in [0.15, 0.2) is 95.0 Å². The summed E-state index contributed by atoms with van der Waals surface area (Å²) < 4.78 is 17.8. The van der Waals surface area contributed by atoms with Gasteiger partial charge in [0.1, 0.15) is 5.75 Å². The van der Waals surface area contributed by atoms with Gasteiger partial charge in [-0.1, -0.05) is 71.9 Å². The zero-order valence-electron chi connectivity index (χ0n) is 24.4. The largest absolute Gasteiger partial charge is 0.494 e. The van der Waals surface area contributed by atoms with Gasteiger partial charge in [0, 0.05) is 43.0 Å². The van der Waals surface area contributed by atoms with Crippen molar-refractivity contribution in [1.29, 1.82) is 0 Å². The Bertz CT molecular complexity index is 1500. The van der Waals surface area contributed by atoms with E-state index in [9.17, 15) is 4.79 Å². The van der Waals surface area contributed by atoms with E-state index < -0.39 is 11.6 Å². The summed E-state index contributed by atoms with van der Waals surface area (Å²) in [5.74, 6) is 0.666. The van der Waals surface area contributed by atoms with Crippen molar-refractivity contribution in [2.75, 3.05) is 39.5 Å². The molecule has 1 amide bonds. The first-order valence-corrected chi connectivity index (χ1v) is 14.7. The Morgan fingerprint density at radius 3 is 2.61 bits per heavy atom. The van der Waals surface area contributed by atoms with E-state index >= 15 is 0 Å². The predicted molar refractivity (Wildman–Crippen MR) is 167 cm³/mol. The average Bonchev–Trinajstić information content (AvgIpc) is 3.46. The van der Waals surface area contributed by atoms with Gasteiger partial charge in [0.25, 0.3) is 5.91 Å². The number of carbonyl (C=O) groups excluding carboxylic acids is 1. The van der Waals surface area contributed by atoms with Crippen LogP contribution in [-0.2, 0) is 20.8 Å². The van der Waals surface area contributed by atoms with Gasteiger partial charge in [-0.05, 0) is 46.5 Å². The Morgan fingerprint density at radius 1 is 1.11 bits per heavy atom. The Balaban J connectivity index is 1.56. The van der Waals surface area contributed by atoms with E-state index in [0.717, 1.165) is 11.1 Å². The number of ether oxygens (including phenoxy) is 3. The van der Waals surface area contributed by atoms with Crippen LogP contribution in [0.2, 0.25) is 0 Å². The van der Waals surface area contributed by atoms with Crippen molar-refractivity contribution in [3.8, 4) is 5.75 Å². The van der Waals surface area contributed by atoms with Crippen LogP contribution in [0, 0.1) is 0 Å². The van der Waals surface area contributed by atoms with Crippen LogP contribution < -0.4 is 10.2 Å². The van der Waals surface area contributed by atoms with Crippen molar-refractivity contribution in [3.05, 3.63) is 118 Å². The molecule has 11 heteroatoms. The van der Waals surface area contributed by atoms with Crippen LogP contribution in [0.1, 0.15) is 41.2 Å². The van der Waals surface area contributed by atoms with Crippen molar-refractivity contribution in [3.63, 3.8) is 0 Å². The Kier molecular flexibility index (Phi) is 10.6. The smallest absolute Gasteiger partial charge is 0.266 e. The van der Waals surface area contributed by atoms with Gasteiger partial charge in [-0.3, -0.25) is 10.2 Å². The SMILES string of the molecule is [N-]=[N+]=NCc1ccccc1[C@@H]1OC(c2ccc(OCCCO)cc2)=N[C@]1(C/C=C/c1ccccc1)C(=O)NN1CCOCC1. The van der Waals surface area contributed by atoms with Crippen LogP contribution in [0.25, 0.3) is 16.5 Å². The summed E-state index contributed by atoms with van der Waals surface area (Å²) in [5.41, 5.74) is 13.9. The number of aliphatic hydroxyl groups excluding tert-OH is 1. The van der Waals surface area contributed by atoms with Gasteiger partial charge in [0.05, 0.1) is 26.4 Å². The van der Waals surface area contributed by atoms with Gasteiger partial charge < -0.3 is 19.3 Å². The second-order valence-electron chi connectivity index (χ2n) is 10.4. The van der Waals surface area contributed by atoms with Gasteiger partial charge in [-0.15, -0.1) is 0 Å². The lowest BCUT2D eigenvalue weighted by Gasteiger charge is -2.34. The fourth-order valence-electron chi connectivity index (χ4n) is 5.19. The van der Waals surface area contributed by atoms with Crippen LogP contribution >= 0.6 is 0 Å². The van der Waals surface area contributed by atoms with Crippen molar-refractivity contribution >= 4 is 17.9 Å². The zero-order valence-corrected chi connectivity index (χ0v) is 24.4. The molecule has 2 heterocycles. The van der Waals surface area contributed by atoms with E-state index in [4.69, 9.17) is 29.8 Å². The lowest BCUT2D eigenvalue weighted by atomic mass is 9.82. The average molecular weight is 597 g/mol. The minimum absolute atomic E-state index is 0.0542. The molecule has 0 unspecified atom stereocenters. The monoisotopic (exact) mass is 596 g/mol. The van der Waals surface area contributed by atoms with Gasteiger partial charge in [-0.2, -0.15) is 0 Å². The Morgan fingerprint density at radius 2 is 1.86 bits per heavy atom. The number of aliphatic hydroxyl groups is 1. The zero-order chi connectivity index (χ0) is 30.6. The van der Waals surface area contributed by atoms with Crippen LogP contribution in [0.3, 0.4) is 0 Å². The first kappa shape index (κ1) is 30.8. The maximum Gasteiger partial charge on any atom is 0.266 e. The van der Waals surface area contributed by atoms with Gasteiger partial charge >= 0.3 is 0 Å². The summed E-state index contributed by atoms with van der Waals surface area (Å²) in [6.07, 6.45) is 3.88. The molecule has 2 aliphatic heterocycles. The molecule has 3 aromatic carbocycles. The molecule has 11 nitrogen and oxygen atoms in total. The van der Waals surface area contributed by atoms with E-state index in [1.807, 2.05) is 96.0 Å². The minimum atomic E-state index is -1.39. The minimum Gasteiger partial charge on any atom is -0.494 e. The number of hydrogen-bond donors (Lipinski definition) is 2. The molecule has 3 aromatic rings. The molecule has 0 saturated carbocycles. The number of azide groups is 1. The number of nitrogens with zero attached hydrogens (tertiary/aromatic N) is 5. The molecule has 1 fully saturated rings. The number of hydrazine groups is 1. The first-order valence-electron chi connectivity index (χ1n) is 14.7. The molecule has 0 spiro atoms. The third-order valence-corrected chi connectivity index (χ3v) is 7.48. The fourth-order valence-corrected chi connectivity index (χ4v) is 5.19. The number of carbonyl (C=O) groups is 1. The molecule has 2 N–H and O–H groups in total. The van der Waals surface area contributed by atoms with Gasteiger partial charge in [0.2, 0.25) is 5.90 Å². The summed E-state index contributed by atoms with van der Waals surface area (Å²) in [7, 11) is 0. The number of amides is 1. The molecule has 0 bridgehead atoms. The molecule has 228 valence electrons. The maximum absolute atomic E-state index is 14.4. The summed E-state index contributed by atoms with van der Waals surface area (Å²) in [4.78, 5) is 22.4. The molecular weight excluding hydrogens is 560 g/mol. The van der Waals surface area contributed by atoms with Crippen LogP contribution in [0.4, 0.5) is 0 Å². The summed E-state index contributed by atoms with van der Waals surface area (Å²) in [6.45, 7) is 2.68. The highest BCUT2D eigenvalue weighted by Gasteiger charge is 2.53. The standard InChI is InChI=1S/C33H36N6O5/c34-38-35-24-27-11-4-5-12-29(27)30-33(17-6-10-25-8-2-1-3-9-25,32(41)37-39-18-22-42-23-19-39)36-31(44-30)26-13-15-28(16-14-26)43-21-7-20-40/h1-6,8-16,30,40H,7,17-24H2,(H,37,41)/b10-6+/t30-,33-/m0/s1. The number of nitrogens with one attached hydrogen (secondary N) is 1. The maximum atomic E-state index is 14.4. The van der Waals surface area contributed by atoms with Crippen molar-refractivity contribution in [1.82, 2.24) is 10.4 Å². The van der Waals surface area contributed by atoms with Gasteiger partial charge in [-0.25, -0.2) is 10.0 Å². The molecule has 1 saturated heterocycles. The van der Waals surface area contributed by atoms with Crippen molar-refractivity contribution in [2.45, 2.75) is 31.0 Å². The number of hydrogen-bond acceptors (Lipinski definition) is 8. The Hall–Kier alpha value is -4.67. The lowest BCUT2D eigenvalue weighted by molar-refractivity contribution is -0.136. The molecule has 0 radical (unpaired) electrons. The third kappa shape index (κ3) is 7.45. The fraction of sp³-hybridized carbons (Fsp3) is 0.333. The summed E-state index contributed by atoms with van der Waals surface area (Å²) in [6, 6.07) is 24.7. The summed E-state index contributed by atoms with van der Waals surface area (Å²) >= 11 is 0. The van der Waals surface area contributed by atoms with Crippen LogP contribution in [-0.4, -0.2) is 67.0 Å². The highest BCUT2D eigenvalue weighted by Crippen LogP contribution is 2.44. The van der Waals surface area contributed by atoms with E-state index in [1.165, 1.54) is 0 Å².